The minimum absolute atomic E-state index is 0.0753. The summed E-state index contributed by atoms with van der Waals surface area (Å²) in [5.74, 6) is 0.134. The van der Waals surface area contributed by atoms with Crippen LogP contribution in [0, 0.1) is 0 Å². The van der Waals surface area contributed by atoms with Crippen molar-refractivity contribution in [3.8, 4) is 0 Å². The molecular formula is C23H26O3. The fraction of sp³-hybridized carbons (Fsp3) is 0.348. The van der Waals surface area contributed by atoms with Crippen molar-refractivity contribution in [2.75, 3.05) is 13.2 Å². The van der Waals surface area contributed by atoms with Crippen LogP contribution in [-0.2, 0) is 9.47 Å². The van der Waals surface area contributed by atoms with E-state index < -0.39 is 0 Å². The van der Waals surface area contributed by atoms with Gasteiger partial charge in [-0.1, -0.05) is 61.5 Å². The van der Waals surface area contributed by atoms with Crippen molar-refractivity contribution in [1.29, 1.82) is 0 Å². The van der Waals surface area contributed by atoms with E-state index in [0.717, 1.165) is 33.5 Å². The van der Waals surface area contributed by atoms with Gasteiger partial charge in [-0.25, -0.2) is 0 Å². The van der Waals surface area contributed by atoms with Crippen molar-refractivity contribution in [3.05, 3.63) is 70.4 Å². The van der Waals surface area contributed by atoms with Crippen LogP contribution in [-0.4, -0.2) is 19.5 Å². The lowest BCUT2D eigenvalue weighted by molar-refractivity contribution is -0.150. The molecule has 0 saturated carbocycles. The number of ether oxygens (including phenoxy) is 2. The van der Waals surface area contributed by atoms with Gasteiger partial charge in [0.2, 0.25) is 0 Å². The van der Waals surface area contributed by atoms with Gasteiger partial charge in [0.15, 0.2) is 11.7 Å². The highest BCUT2D eigenvalue weighted by molar-refractivity contribution is 5.93. The molecule has 3 aromatic carbocycles. The monoisotopic (exact) mass is 350 g/mol. The van der Waals surface area contributed by atoms with E-state index in [1.165, 1.54) is 0 Å². The van der Waals surface area contributed by atoms with Crippen molar-refractivity contribution >= 4 is 21.5 Å². The largest absolute Gasteiger partial charge is 0.352 e. The van der Waals surface area contributed by atoms with E-state index in [1.54, 1.807) is 0 Å². The van der Waals surface area contributed by atoms with Gasteiger partial charge in [0, 0.05) is 29.9 Å². The number of benzene rings is 2. The van der Waals surface area contributed by atoms with Crippen LogP contribution in [0.15, 0.2) is 59.4 Å². The Labute approximate surface area is 154 Å². The third kappa shape index (κ3) is 3.64. The van der Waals surface area contributed by atoms with Gasteiger partial charge < -0.3 is 9.47 Å². The Balaban J connectivity index is 2.13. The van der Waals surface area contributed by atoms with E-state index in [-0.39, 0.29) is 17.6 Å². The van der Waals surface area contributed by atoms with Crippen LogP contribution in [0.2, 0.25) is 0 Å². The van der Waals surface area contributed by atoms with Gasteiger partial charge >= 0.3 is 0 Å². The van der Waals surface area contributed by atoms with Gasteiger partial charge in [-0.3, -0.25) is 4.79 Å². The molecule has 0 saturated heterocycles. The smallest absolute Gasteiger partial charge is 0.194 e. The second-order valence-corrected chi connectivity index (χ2v) is 6.39. The van der Waals surface area contributed by atoms with Crippen LogP contribution in [0.5, 0.6) is 0 Å². The first-order valence-corrected chi connectivity index (χ1v) is 9.38. The summed E-state index contributed by atoms with van der Waals surface area (Å²) >= 11 is 0. The molecule has 0 radical (unpaired) electrons. The summed E-state index contributed by atoms with van der Waals surface area (Å²) in [6.07, 6.45) is 0.636. The molecule has 0 bridgehead atoms. The summed E-state index contributed by atoms with van der Waals surface area (Å²) in [7, 11) is 0. The minimum Gasteiger partial charge on any atom is -0.352 e. The SMILES string of the molecule is CCOC(OCC)C(CC)c1ccc2c(=O)c3ccccc3ccc2c1. The van der Waals surface area contributed by atoms with E-state index in [2.05, 4.69) is 13.0 Å². The van der Waals surface area contributed by atoms with Crippen LogP contribution in [0.4, 0.5) is 0 Å². The first-order chi connectivity index (χ1) is 12.7. The van der Waals surface area contributed by atoms with Crippen LogP contribution in [0.25, 0.3) is 21.5 Å². The Bertz CT molecular complexity index is 943. The van der Waals surface area contributed by atoms with E-state index in [0.29, 0.717) is 13.2 Å². The summed E-state index contributed by atoms with van der Waals surface area (Å²) < 4.78 is 11.6. The second-order valence-electron chi connectivity index (χ2n) is 6.39. The highest BCUT2D eigenvalue weighted by atomic mass is 16.7. The lowest BCUT2D eigenvalue weighted by atomic mass is 9.94. The summed E-state index contributed by atoms with van der Waals surface area (Å²) in [5.41, 5.74) is 1.22. The van der Waals surface area contributed by atoms with Gasteiger partial charge in [0.1, 0.15) is 0 Å². The van der Waals surface area contributed by atoms with Gasteiger partial charge in [0.25, 0.3) is 0 Å². The number of rotatable bonds is 7. The Morgan fingerprint density at radius 2 is 1.46 bits per heavy atom. The van der Waals surface area contributed by atoms with Crippen LogP contribution < -0.4 is 5.43 Å². The zero-order valence-electron chi connectivity index (χ0n) is 15.7. The summed E-state index contributed by atoms with van der Waals surface area (Å²) in [6, 6.07) is 17.9. The average molecular weight is 350 g/mol. The van der Waals surface area contributed by atoms with E-state index in [4.69, 9.17) is 9.47 Å². The molecule has 3 nitrogen and oxygen atoms in total. The van der Waals surface area contributed by atoms with Crippen molar-refractivity contribution in [2.45, 2.75) is 39.4 Å². The molecule has 1 atom stereocenters. The Hall–Kier alpha value is -2.23. The molecular weight excluding hydrogens is 324 g/mol. The molecule has 0 aliphatic rings. The first kappa shape index (κ1) is 18.6. The zero-order valence-corrected chi connectivity index (χ0v) is 15.7. The first-order valence-electron chi connectivity index (χ1n) is 9.38. The molecule has 0 N–H and O–H groups in total. The van der Waals surface area contributed by atoms with Crippen LogP contribution in [0.1, 0.15) is 38.7 Å². The molecule has 0 fully saturated rings. The third-order valence-electron chi connectivity index (χ3n) is 4.83. The summed E-state index contributed by atoms with van der Waals surface area (Å²) in [6.45, 7) is 7.32. The van der Waals surface area contributed by atoms with Crippen molar-refractivity contribution in [3.63, 3.8) is 0 Å². The number of hydrogen-bond donors (Lipinski definition) is 0. The molecule has 136 valence electrons. The molecule has 0 aromatic heterocycles. The molecule has 0 aliphatic carbocycles. The molecule has 0 spiro atoms. The highest BCUT2D eigenvalue weighted by Gasteiger charge is 2.23. The van der Waals surface area contributed by atoms with Gasteiger partial charge in [0.05, 0.1) is 0 Å². The topological polar surface area (TPSA) is 35.5 Å². The van der Waals surface area contributed by atoms with Crippen LogP contribution in [0.3, 0.4) is 0 Å². The number of hydrogen-bond acceptors (Lipinski definition) is 3. The maximum atomic E-state index is 12.9. The summed E-state index contributed by atoms with van der Waals surface area (Å²) in [5, 5.41) is 3.41. The average Bonchev–Trinajstić information content (AvgIpc) is 2.80. The van der Waals surface area contributed by atoms with E-state index in [9.17, 15) is 4.79 Å². The van der Waals surface area contributed by atoms with Gasteiger partial charge in [-0.15, -0.1) is 0 Å². The van der Waals surface area contributed by atoms with Gasteiger partial charge in [-0.2, -0.15) is 0 Å². The highest BCUT2D eigenvalue weighted by Crippen LogP contribution is 2.29. The molecule has 3 aromatic rings. The lowest BCUT2D eigenvalue weighted by Gasteiger charge is -2.26. The fourth-order valence-electron chi connectivity index (χ4n) is 3.52. The maximum Gasteiger partial charge on any atom is 0.194 e. The third-order valence-corrected chi connectivity index (χ3v) is 4.83. The molecule has 3 heteroatoms. The van der Waals surface area contributed by atoms with Crippen LogP contribution >= 0.6 is 0 Å². The number of fused-ring (bicyclic) bond motifs is 2. The Morgan fingerprint density at radius 1 is 0.808 bits per heavy atom. The minimum atomic E-state index is -0.268. The predicted molar refractivity (Wildman–Crippen MR) is 108 cm³/mol. The standard InChI is InChI=1S/C23H26O3/c1-4-19(23(25-5-2)26-6-3)17-13-14-21-18(15-17)12-11-16-9-7-8-10-20(16)22(21)24/h7-15,19,23H,4-6H2,1-3H3. The lowest BCUT2D eigenvalue weighted by Crippen LogP contribution is -2.25. The van der Waals surface area contributed by atoms with Gasteiger partial charge in [-0.05, 0) is 36.6 Å². The Morgan fingerprint density at radius 3 is 2.15 bits per heavy atom. The molecule has 0 amide bonds. The molecule has 26 heavy (non-hydrogen) atoms. The normalized spacial score (nSPS) is 12.8. The second kappa shape index (κ2) is 8.43. The maximum absolute atomic E-state index is 12.9. The molecule has 0 heterocycles. The van der Waals surface area contributed by atoms with E-state index >= 15 is 0 Å². The van der Waals surface area contributed by atoms with E-state index in [1.807, 2.05) is 62.4 Å². The van der Waals surface area contributed by atoms with Crippen molar-refractivity contribution in [1.82, 2.24) is 0 Å². The zero-order chi connectivity index (χ0) is 18.5. The van der Waals surface area contributed by atoms with Crippen molar-refractivity contribution < 1.29 is 9.47 Å². The molecule has 3 rings (SSSR count). The Kier molecular flexibility index (Phi) is 6.02. The fourth-order valence-corrected chi connectivity index (χ4v) is 3.52. The van der Waals surface area contributed by atoms with Crippen molar-refractivity contribution in [2.24, 2.45) is 0 Å². The molecule has 1 unspecified atom stereocenters. The quantitative estimate of drug-likeness (QED) is 0.546. The summed E-state index contributed by atoms with van der Waals surface area (Å²) in [4.78, 5) is 12.9. The molecule has 0 aliphatic heterocycles. The predicted octanol–water partition coefficient (Wildman–Crippen LogP) is 5.25.